The Kier molecular flexibility index (Phi) is 6.72. The molecule has 3 heteroatoms. The van der Waals surface area contributed by atoms with Crippen molar-refractivity contribution >= 4 is 21.7 Å². The molecule has 0 amide bonds. The van der Waals surface area contributed by atoms with Crippen LogP contribution in [-0.4, -0.2) is 4.98 Å². The molecule has 6 rings (SSSR count). The maximum absolute atomic E-state index is 7.12. The first kappa shape index (κ1) is 28.4. The first-order valence-corrected chi connectivity index (χ1v) is 15.5. The predicted molar refractivity (Wildman–Crippen MR) is 177 cm³/mol. The Morgan fingerprint density at radius 3 is 1.98 bits per heavy atom. The Morgan fingerprint density at radius 1 is 0.786 bits per heavy atom. The Labute approximate surface area is 251 Å². The monoisotopic (exact) mass is 557 g/mol. The third-order valence-corrected chi connectivity index (χ3v) is 9.09. The van der Waals surface area contributed by atoms with Crippen LogP contribution in [0.2, 0.25) is 0 Å². The first-order chi connectivity index (χ1) is 19.8. The molecule has 1 aliphatic heterocycles. The van der Waals surface area contributed by atoms with Gasteiger partial charge in [0.25, 0.3) is 6.33 Å². The van der Waals surface area contributed by atoms with E-state index in [1.165, 1.54) is 61.0 Å². The lowest BCUT2D eigenvalue weighted by Crippen LogP contribution is -2.33. The highest BCUT2D eigenvalue weighted by atomic mass is 16.5. The van der Waals surface area contributed by atoms with E-state index >= 15 is 0 Å². The molecular weight excluding hydrogens is 512 g/mol. The molecule has 0 N–H and O–H groups in total. The van der Waals surface area contributed by atoms with Crippen LogP contribution in [-0.2, 0) is 12.5 Å². The van der Waals surface area contributed by atoms with Gasteiger partial charge >= 0.3 is 0 Å². The quantitative estimate of drug-likeness (QED) is 0.202. The molecule has 0 radical (unpaired) electrons. The van der Waals surface area contributed by atoms with Gasteiger partial charge in [-0.3, -0.25) is 0 Å². The lowest BCUT2D eigenvalue weighted by molar-refractivity contribution is -0.662. The summed E-state index contributed by atoms with van der Waals surface area (Å²) >= 11 is 0. The van der Waals surface area contributed by atoms with Gasteiger partial charge in [-0.1, -0.05) is 98.7 Å². The molecule has 42 heavy (non-hydrogen) atoms. The van der Waals surface area contributed by atoms with Crippen molar-refractivity contribution < 1.29 is 9.30 Å². The van der Waals surface area contributed by atoms with Gasteiger partial charge in [-0.15, -0.1) is 0 Å². The van der Waals surface area contributed by atoms with Crippen LogP contribution < -0.4 is 9.30 Å². The Hall–Kier alpha value is -3.72. The molecule has 1 aliphatic rings. The van der Waals surface area contributed by atoms with Crippen molar-refractivity contribution in [2.24, 2.45) is 7.05 Å². The van der Waals surface area contributed by atoms with Gasteiger partial charge in [-0.05, 0) is 91.4 Å². The van der Waals surface area contributed by atoms with E-state index in [9.17, 15) is 0 Å². The summed E-state index contributed by atoms with van der Waals surface area (Å²) in [5, 5.41) is 3.64. The molecule has 5 aromatic rings. The number of nitrogens with zero attached hydrogens (tertiary/aromatic N) is 2. The highest BCUT2D eigenvalue weighted by Crippen LogP contribution is 2.54. The van der Waals surface area contributed by atoms with Crippen LogP contribution >= 0.6 is 0 Å². The van der Waals surface area contributed by atoms with Crippen LogP contribution in [0.5, 0.6) is 11.5 Å². The van der Waals surface area contributed by atoms with Gasteiger partial charge in [0.05, 0.1) is 12.6 Å². The Bertz CT molecular complexity index is 1860. The lowest BCUT2D eigenvalue weighted by atomic mass is 9.78. The van der Waals surface area contributed by atoms with E-state index in [0.29, 0.717) is 17.8 Å². The number of hydrogen-bond acceptors (Lipinski definition) is 2. The van der Waals surface area contributed by atoms with E-state index < -0.39 is 0 Å². The number of hydrogen-bond donors (Lipinski definition) is 0. The van der Waals surface area contributed by atoms with Crippen LogP contribution in [0.15, 0.2) is 54.9 Å². The van der Waals surface area contributed by atoms with Gasteiger partial charge in [0.15, 0.2) is 11.2 Å². The smallest absolute Gasteiger partial charge is 0.287 e. The van der Waals surface area contributed by atoms with Crippen LogP contribution in [0.3, 0.4) is 0 Å². The average molecular weight is 558 g/mol. The molecule has 4 aromatic carbocycles. The topological polar surface area (TPSA) is 26.0 Å². The largest absolute Gasteiger partial charge is 0.455 e. The second kappa shape index (κ2) is 9.93. The first-order valence-electron chi connectivity index (χ1n) is 15.5. The van der Waals surface area contributed by atoms with E-state index in [-0.39, 0.29) is 5.41 Å². The van der Waals surface area contributed by atoms with E-state index in [1.807, 2.05) is 6.33 Å². The maximum atomic E-state index is 7.12. The number of ether oxygens (including phenoxy) is 1. The minimum absolute atomic E-state index is 0.112. The van der Waals surface area contributed by atoms with Gasteiger partial charge in [0.1, 0.15) is 16.9 Å². The van der Waals surface area contributed by atoms with Crippen molar-refractivity contribution in [2.45, 2.75) is 92.4 Å². The van der Waals surface area contributed by atoms with Crippen molar-refractivity contribution in [2.75, 3.05) is 0 Å². The molecule has 0 saturated heterocycles. The molecule has 0 aliphatic carbocycles. The van der Waals surface area contributed by atoms with Crippen molar-refractivity contribution in [3.63, 3.8) is 0 Å². The summed E-state index contributed by atoms with van der Waals surface area (Å²) in [5.41, 5.74) is 12.4. The van der Waals surface area contributed by atoms with Gasteiger partial charge in [-0.25, -0.2) is 4.57 Å². The maximum Gasteiger partial charge on any atom is 0.287 e. The number of fused-ring (bicyclic) bond motifs is 3. The minimum Gasteiger partial charge on any atom is -0.455 e. The van der Waals surface area contributed by atoms with Crippen LogP contribution in [0.25, 0.3) is 44.1 Å². The van der Waals surface area contributed by atoms with Gasteiger partial charge in [0.2, 0.25) is 0 Å². The summed E-state index contributed by atoms with van der Waals surface area (Å²) in [5.74, 6) is 3.14. The fraction of sp³-hybridized carbons (Fsp3) is 0.385. The molecule has 0 saturated carbocycles. The molecule has 0 unspecified atom stereocenters. The fourth-order valence-electron chi connectivity index (χ4n) is 6.96. The summed E-state index contributed by atoms with van der Waals surface area (Å²) in [6.45, 7) is 22.9. The zero-order chi connectivity index (χ0) is 30.2. The summed E-state index contributed by atoms with van der Waals surface area (Å²) in [6.07, 6.45) is 1.97. The van der Waals surface area contributed by atoms with Gasteiger partial charge < -0.3 is 4.74 Å². The van der Waals surface area contributed by atoms with Crippen molar-refractivity contribution in [1.29, 1.82) is 0 Å². The highest BCUT2D eigenvalue weighted by molar-refractivity contribution is 6.07. The van der Waals surface area contributed by atoms with Crippen LogP contribution in [0, 0.1) is 6.92 Å². The van der Waals surface area contributed by atoms with Crippen LogP contribution in [0.1, 0.15) is 108 Å². The highest BCUT2D eigenvalue weighted by Gasteiger charge is 2.36. The lowest BCUT2D eigenvalue weighted by Gasteiger charge is -2.31. The molecule has 216 valence electrons. The third kappa shape index (κ3) is 4.32. The second-order valence-electron chi connectivity index (χ2n) is 14.2. The van der Waals surface area contributed by atoms with Crippen molar-refractivity contribution in [3.8, 4) is 33.9 Å². The number of benzene rings is 4. The van der Waals surface area contributed by atoms with E-state index in [0.717, 1.165) is 22.4 Å². The Morgan fingerprint density at radius 2 is 1.40 bits per heavy atom. The summed E-state index contributed by atoms with van der Waals surface area (Å²) in [7, 11) is 2.11. The molecule has 0 spiro atoms. The van der Waals surface area contributed by atoms with Crippen molar-refractivity contribution in [1.82, 2.24) is 4.98 Å². The SMILES string of the molecule is Cc1c2c(c(C(C)(C)C)c3ccccc13)Oc1cc(-c3c(C(C)C)cc(C(C)C)cc3C(C)C)cc3nc[n+](C)c-2c13. The molecular formula is C39H45N2O+. The summed E-state index contributed by atoms with van der Waals surface area (Å²) in [4.78, 5) is 4.98. The minimum atomic E-state index is -0.112. The van der Waals surface area contributed by atoms with E-state index in [1.54, 1.807) is 0 Å². The standard InChI is InChI=1S/C39H45N2O/c1-21(2)25-16-29(22(3)4)34(30(17-25)23(5)6)26-18-31-35-32(19-26)42-38-33(37(35)41(11)20-40-31)24(7)27-14-12-13-15-28(27)36(38)39(8,9)10/h12-23H,1-11H3/q+1. The third-order valence-electron chi connectivity index (χ3n) is 9.09. The molecule has 0 bridgehead atoms. The second-order valence-corrected chi connectivity index (χ2v) is 14.2. The van der Waals surface area contributed by atoms with E-state index in [2.05, 4.69) is 129 Å². The van der Waals surface area contributed by atoms with Gasteiger partial charge in [-0.2, -0.15) is 0 Å². The zero-order valence-corrected chi connectivity index (χ0v) is 27.2. The number of aryl methyl sites for hydroxylation is 2. The van der Waals surface area contributed by atoms with E-state index in [4.69, 9.17) is 9.72 Å². The molecule has 0 atom stereocenters. The summed E-state index contributed by atoms with van der Waals surface area (Å²) < 4.78 is 9.30. The molecule has 2 heterocycles. The fourth-order valence-corrected chi connectivity index (χ4v) is 6.96. The molecule has 0 fully saturated rings. The summed E-state index contributed by atoms with van der Waals surface area (Å²) in [6, 6.07) is 18.2. The molecule has 3 nitrogen and oxygen atoms in total. The predicted octanol–water partition coefficient (Wildman–Crippen LogP) is 10.6. The van der Waals surface area contributed by atoms with Gasteiger partial charge in [0, 0.05) is 5.56 Å². The molecule has 1 aromatic heterocycles. The van der Waals surface area contributed by atoms with Crippen molar-refractivity contribution in [3.05, 3.63) is 82.7 Å². The van der Waals surface area contributed by atoms with Crippen LogP contribution in [0.4, 0.5) is 0 Å². The average Bonchev–Trinajstić information content (AvgIpc) is 2.92. The zero-order valence-electron chi connectivity index (χ0n) is 27.2. The Balaban J connectivity index is 1.73. The number of rotatable bonds is 4. The normalized spacial score (nSPS) is 13.0. The number of aromatic nitrogens is 2.